The SMILES string of the molecule is Cc1ccccc1-c1ccc(CCC(=O)N2CCCC2)cc1. The maximum absolute atomic E-state index is 12.1. The Balaban J connectivity index is 1.62. The van der Waals surface area contributed by atoms with Gasteiger partial charge in [0, 0.05) is 19.5 Å². The molecule has 1 aliphatic rings. The van der Waals surface area contributed by atoms with Gasteiger partial charge < -0.3 is 4.90 Å². The third-order valence-corrected chi connectivity index (χ3v) is 4.50. The molecule has 0 aromatic heterocycles. The number of hydrogen-bond donors (Lipinski definition) is 0. The number of hydrogen-bond acceptors (Lipinski definition) is 1. The Morgan fingerprint density at radius 1 is 1.00 bits per heavy atom. The summed E-state index contributed by atoms with van der Waals surface area (Å²) in [5.74, 6) is 0.306. The van der Waals surface area contributed by atoms with E-state index in [2.05, 4.69) is 55.5 Å². The van der Waals surface area contributed by atoms with Crippen molar-refractivity contribution in [3.63, 3.8) is 0 Å². The van der Waals surface area contributed by atoms with E-state index in [4.69, 9.17) is 0 Å². The number of likely N-dealkylation sites (tertiary alicyclic amines) is 1. The van der Waals surface area contributed by atoms with Crippen LogP contribution in [-0.4, -0.2) is 23.9 Å². The van der Waals surface area contributed by atoms with Crippen molar-refractivity contribution in [2.24, 2.45) is 0 Å². The van der Waals surface area contributed by atoms with Crippen molar-refractivity contribution in [1.82, 2.24) is 4.90 Å². The van der Waals surface area contributed by atoms with Crippen LogP contribution in [0, 0.1) is 6.92 Å². The van der Waals surface area contributed by atoms with Crippen LogP contribution in [0.1, 0.15) is 30.4 Å². The average molecular weight is 293 g/mol. The van der Waals surface area contributed by atoms with Crippen molar-refractivity contribution in [2.75, 3.05) is 13.1 Å². The molecule has 3 rings (SSSR count). The monoisotopic (exact) mass is 293 g/mol. The van der Waals surface area contributed by atoms with Crippen LogP contribution >= 0.6 is 0 Å². The zero-order valence-corrected chi connectivity index (χ0v) is 13.2. The van der Waals surface area contributed by atoms with Crippen LogP contribution < -0.4 is 0 Å². The summed E-state index contributed by atoms with van der Waals surface area (Å²) >= 11 is 0. The predicted octanol–water partition coefficient (Wildman–Crippen LogP) is 4.22. The molecule has 2 aromatic carbocycles. The molecule has 1 amide bonds. The van der Waals surface area contributed by atoms with E-state index in [1.54, 1.807) is 0 Å². The molecule has 0 unspecified atom stereocenters. The molecule has 0 spiro atoms. The molecule has 0 aliphatic carbocycles. The van der Waals surface area contributed by atoms with E-state index in [-0.39, 0.29) is 0 Å². The van der Waals surface area contributed by atoms with Gasteiger partial charge in [0.25, 0.3) is 0 Å². The first-order valence-electron chi connectivity index (χ1n) is 8.17. The summed E-state index contributed by atoms with van der Waals surface area (Å²) in [5.41, 5.74) is 5.05. The second-order valence-corrected chi connectivity index (χ2v) is 6.10. The van der Waals surface area contributed by atoms with Gasteiger partial charge in [-0.1, -0.05) is 48.5 Å². The van der Waals surface area contributed by atoms with Gasteiger partial charge in [0.2, 0.25) is 5.91 Å². The molecular formula is C20H23NO. The van der Waals surface area contributed by atoms with E-state index in [0.717, 1.165) is 32.4 Å². The lowest BCUT2D eigenvalue weighted by atomic mass is 9.98. The van der Waals surface area contributed by atoms with Crippen LogP contribution in [0.4, 0.5) is 0 Å². The number of nitrogens with zero attached hydrogens (tertiary/aromatic N) is 1. The Hall–Kier alpha value is -2.09. The molecule has 114 valence electrons. The number of rotatable bonds is 4. The van der Waals surface area contributed by atoms with E-state index >= 15 is 0 Å². The Morgan fingerprint density at radius 3 is 2.36 bits per heavy atom. The number of carbonyl (C=O) groups excluding carboxylic acids is 1. The van der Waals surface area contributed by atoms with Crippen molar-refractivity contribution in [2.45, 2.75) is 32.6 Å². The van der Waals surface area contributed by atoms with Crippen LogP contribution in [0.25, 0.3) is 11.1 Å². The van der Waals surface area contributed by atoms with Gasteiger partial charge in [0.15, 0.2) is 0 Å². The molecule has 2 aromatic rings. The molecule has 0 N–H and O–H groups in total. The summed E-state index contributed by atoms with van der Waals surface area (Å²) in [6, 6.07) is 17.1. The molecule has 0 atom stereocenters. The van der Waals surface area contributed by atoms with E-state index < -0.39 is 0 Å². The van der Waals surface area contributed by atoms with E-state index in [1.807, 2.05) is 4.90 Å². The van der Waals surface area contributed by atoms with E-state index in [9.17, 15) is 4.79 Å². The molecule has 2 nitrogen and oxygen atoms in total. The van der Waals surface area contributed by atoms with Gasteiger partial charge in [-0.05, 0) is 48.4 Å². The van der Waals surface area contributed by atoms with Crippen molar-refractivity contribution in [3.8, 4) is 11.1 Å². The number of aryl methyl sites for hydroxylation is 2. The third-order valence-electron chi connectivity index (χ3n) is 4.50. The fraction of sp³-hybridized carbons (Fsp3) is 0.350. The normalized spacial score (nSPS) is 14.3. The van der Waals surface area contributed by atoms with E-state index in [0.29, 0.717) is 12.3 Å². The molecule has 0 bridgehead atoms. The van der Waals surface area contributed by atoms with Gasteiger partial charge in [-0.3, -0.25) is 4.79 Å². The highest BCUT2D eigenvalue weighted by Crippen LogP contribution is 2.23. The maximum atomic E-state index is 12.1. The van der Waals surface area contributed by atoms with Crippen LogP contribution in [0.2, 0.25) is 0 Å². The largest absolute Gasteiger partial charge is 0.343 e. The summed E-state index contributed by atoms with van der Waals surface area (Å²) in [4.78, 5) is 14.1. The predicted molar refractivity (Wildman–Crippen MR) is 90.8 cm³/mol. The third kappa shape index (κ3) is 3.38. The lowest BCUT2D eigenvalue weighted by molar-refractivity contribution is -0.130. The topological polar surface area (TPSA) is 20.3 Å². The van der Waals surface area contributed by atoms with Gasteiger partial charge >= 0.3 is 0 Å². The van der Waals surface area contributed by atoms with Crippen LogP contribution in [0.15, 0.2) is 48.5 Å². The zero-order valence-electron chi connectivity index (χ0n) is 13.2. The number of amides is 1. The summed E-state index contributed by atoms with van der Waals surface area (Å²) in [5, 5.41) is 0. The van der Waals surface area contributed by atoms with Crippen molar-refractivity contribution in [3.05, 3.63) is 59.7 Å². The summed E-state index contributed by atoms with van der Waals surface area (Å²) in [6.45, 7) is 4.04. The first-order valence-corrected chi connectivity index (χ1v) is 8.17. The molecule has 2 heteroatoms. The van der Waals surface area contributed by atoms with Crippen LogP contribution in [0.3, 0.4) is 0 Å². The lowest BCUT2D eigenvalue weighted by Crippen LogP contribution is -2.27. The molecule has 1 saturated heterocycles. The average Bonchev–Trinajstić information content (AvgIpc) is 3.08. The fourth-order valence-electron chi connectivity index (χ4n) is 3.12. The fourth-order valence-corrected chi connectivity index (χ4v) is 3.12. The zero-order chi connectivity index (χ0) is 15.4. The van der Waals surface area contributed by atoms with Crippen molar-refractivity contribution < 1.29 is 4.79 Å². The van der Waals surface area contributed by atoms with Gasteiger partial charge in [0.1, 0.15) is 0 Å². The molecule has 0 radical (unpaired) electrons. The maximum Gasteiger partial charge on any atom is 0.222 e. The Labute approximate surface area is 132 Å². The van der Waals surface area contributed by atoms with Gasteiger partial charge in [-0.15, -0.1) is 0 Å². The Bertz CT molecular complexity index is 639. The standard InChI is InChI=1S/C20H23NO/c1-16-6-2-3-7-19(16)18-11-8-17(9-12-18)10-13-20(22)21-14-4-5-15-21/h2-3,6-9,11-12H,4-5,10,13-15H2,1H3. The highest BCUT2D eigenvalue weighted by Gasteiger charge is 2.17. The molecule has 1 fully saturated rings. The number of carbonyl (C=O) groups is 1. The summed E-state index contributed by atoms with van der Waals surface area (Å²) in [7, 11) is 0. The Kier molecular flexibility index (Phi) is 4.57. The highest BCUT2D eigenvalue weighted by atomic mass is 16.2. The van der Waals surface area contributed by atoms with Crippen molar-refractivity contribution >= 4 is 5.91 Å². The smallest absolute Gasteiger partial charge is 0.222 e. The summed E-state index contributed by atoms with van der Waals surface area (Å²) < 4.78 is 0. The van der Waals surface area contributed by atoms with E-state index in [1.165, 1.54) is 22.3 Å². The van der Waals surface area contributed by atoms with Crippen molar-refractivity contribution in [1.29, 1.82) is 0 Å². The number of benzene rings is 2. The molecule has 0 saturated carbocycles. The van der Waals surface area contributed by atoms with Crippen LogP contribution in [-0.2, 0) is 11.2 Å². The highest BCUT2D eigenvalue weighted by molar-refractivity contribution is 5.76. The minimum absolute atomic E-state index is 0.306. The minimum Gasteiger partial charge on any atom is -0.343 e. The second kappa shape index (κ2) is 6.78. The first-order chi connectivity index (χ1) is 10.7. The summed E-state index contributed by atoms with van der Waals surface area (Å²) in [6.07, 6.45) is 3.79. The first kappa shape index (κ1) is 14.8. The lowest BCUT2D eigenvalue weighted by Gasteiger charge is -2.15. The Morgan fingerprint density at radius 2 is 1.68 bits per heavy atom. The molecule has 1 aliphatic heterocycles. The molecular weight excluding hydrogens is 270 g/mol. The molecule has 22 heavy (non-hydrogen) atoms. The van der Waals surface area contributed by atoms with Gasteiger partial charge in [0.05, 0.1) is 0 Å². The quantitative estimate of drug-likeness (QED) is 0.826. The minimum atomic E-state index is 0.306. The van der Waals surface area contributed by atoms with Crippen LogP contribution in [0.5, 0.6) is 0 Å². The molecule has 1 heterocycles. The second-order valence-electron chi connectivity index (χ2n) is 6.10. The van der Waals surface area contributed by atoms with Gasteiger partial charge in [-0.2, -0.15) is 0 Å². The van der Waals surface area contributed by atoms with Gasteiger partial charge in [-0.25, -0.2) is 0 Å².